The van der Waals surface area contributed by atoms with Gasteiger partial charge in [-0.3, -0.25) is 0 Å². The topological polar surface area (TPSA) is 40.2 Å². The minimum atomic E-state index is -0.0264. The molecule has 20 heavy (non-hydrogen) atoms. The average molecular weight is 320 g/mol. The first kappa shape index (κ1) is 20.2. The molecule has 118 valence electrons. The second-order valence-corrected chi connectivity index (χ2v) is 7.28. The van der Waals surface area contributed by atoms with Crippen LogP contribution in [0.4, 0.5) is 0 Å². The van der Waals surface area contributed by atoms with E-state index >= 15 is 0 Å². The van der Waals surface area contributed by atoms with Crippen LogP contribution in [0.15, 0.2) is 0 Å². The summed E-state index contributed by atoms with van der Waals surface area (Å²) in [7, 11) is 10.4. The molecule has 7 heteroatoms. The first-order chi connectivity index (χ1) is 9.67. The molecule has 0 aliphatic carbocycles. The van der Waals surface area contributed by atoms with Gasteiger partial charge in [-0.25, -0.2) is 0 Å². The van der Waals surface area contributed by atoms with Crippen LogP contribution >= 0.6 is 0 Å². The maximum atomic E-state index is 5.18. The van der Waals surface area contributed by atoms with Crippen LogP contribution in [0.25, 0.3) is 0 Å². The Bertz CT molecular complexity index is 185. The quantitative estimate of drug-likeness (QED) is 0.272. The molecule has 0 aromatic rings. The Morgan fingerprint density at radius 1 is 0.750 bits per heavy atom. The summed E-state index contributed by atoms with van der Waals surface area (Å²) < 4.78 is 20.7. The van der Waals surface area contributed by atoms with Crippen LogP contribution in [0.5, 0.6) is 0 Å². The van der Waals surface area contributed by atoms with Gasteiger partial charge in [0.2, 0.25) is 0 Å². The molecule has 0 bridgehead atoms. The van der Waals surface area contributed by atoms with Crippen LogP contribution in [-0.2, 0) is 18.9 Å². The molecule has 0 fully saturated rings. The summed E-state index contributed by atoms with van der Waals surface area (Å²) in [4.78, 5) is 2.39. The van der Waals surface area contributed by atoms with Gasteiger partial charge in [0.15, 0.2) is 0 Å². The Morgan fingerprint density at radius 3 is 1.40 bits per heavy atom. The summed E-state index contributed by atoms with van der Waals surface area (Å²) in [5.41, 5.74) is 0. The van der Waals surface area contributed by atoms with E-state index < -0.39 is 0 Å². The van der Waals surface area contributed by atoms with Gasteiger partial charge in [-0.05, 0) is 33.0 Å². The molecule has 0 aliphatic rings. The lowest BCUT2D eigenvalue weighted by atomic mass is 10.4. The van der Waals surface area contributed by atoms with Gasteiger partial charge in [-0.15, -0.1) is 0 Å². The highest BCUT2D eigenvalue weighted by atomic mass is 28.2. The highest BCUT2D eigenvalue weighted by Gasteiger charge is 2.08. The fourth-order valence-electron chi connectivity index (χ4n) is 1.78. The van der Waals surface area contributed by atoms with E-state index in [2.05, 4.69) is 11.9 Å². The lowest BCUT2D eigenvalue weighted by Crippen LogP contribution is -2.25. The van der Waals surface area contributed by atoms with Crippen LogP contribution in [0.3, 0.4) is 0 Å². The number of hydrogen-bond acceptors (Lipinski definition) is 5. The zero-order valence-electron chi connectivity index (χ0n) is 13.5. The van der Waals surface area contributed by atoms with Crippen LogP contribution in [0.1, 0.15) is 12.8 Å². The van der Waals surface area contributed by atoms with E-state index in [0.29, 0.717) is 0 Å². The highest BCUT2D eigenvalue weighted by molar-refractivity contribution is 6.36. The summed E-state index contributed by atoms with van der Waals surface area (Å²) in [5, 5.41) is 0. The molecular weight excluding hydrogens is 290 g/mol. The molecule has 0 unspecified atom stereocenters. The van der Waals surface area contributed by atoms with Crippen molar-refractivity contribution < 1.29 is 18.9 Å². The fourth-order valence-corrected chi connectivity index (χ4v) is 3.64. The second kappa shape index (κ2) is 14.2. The molecule has 0 aliphatic heterocycles. The first-order valence-corrected chi connectivity index (χ1v) is 9.51. The number of ether oxygens (including phenoxy) is 4. The van der Waals surface area contributed by atoms with Gasteiger partial charge in [-0.2, -0.15) is 0 Å². The summed E-state index contributed by atoms with van der Waals surface area (Å²) in [5.74, 6) is -0.0527. The summed E-state index contributed by atoms with van der Waals surface area (Å²) >= 11 is 0. The van der Waals surface area contributed by atoms with Crippen molar-refractivity contribution in [1.29, 1.82) is 0 Å². The van der Waals surface area contributed by atoms with E-state index in [1.165, 1.54) is 12.8 Å². The van der Waals surface area contributed by atoms with Crippen LogP contribution in [0.2, 0.25) is 12.1 Å². The molecule has 0 aromatic heterocycles. The van der Waals surface area contributed by atoms with Gasteiger partial charge in [0.05, 0.1) is 0 Å². The molecule has 4 radical (unpaired) electrons. The highest BCUT2D eigenvalue weighted by Crippen LogP contribution is 2.01. The van der Waals surface area contributed by atoms with Crippen LogP contribution in [0, 0.1) is 0 Å². The van der Waals surface area contributed by atoms with E-state index in [1.54, 1.807) is 28.4 Å². The summed E-state index contributed by atoms with van der Waals surface area (Å²) in [6.07, 6.45) is 2.39. The van der Waals surface area contributed by atoms with E-state index in [9.17, 15) is 0 Å². The molecule has 0 atom stereocenters. The molecule has 0 N–H and O–H groups in total. The van der Waals surface area contributed by atoms with Crippen molar-refractivity contribution in [3.8, 4) is 0 Å². The van der Waals surface area contributed by atoms with Gasteiger partial charge in [0, 0.05) is 28.4 Å². The van der Waals surface area contributed by atoms with E-state index in [0.717, 1.165) is 44.2 Å². The molecule has 5 nitrogen and oxygen atoms in total. The van der Waals surface area contributed by atoms with E-state index in [-0.39, 0.29) is 11.8 Å². The molecular formula is C13H29NO4Si2. The molecule has 0 spiro atoms. The van der Waals surface area contributed by atoms with Crippen molar-refractivity contribution in [3.63, 3.8) is 0 Å². The summed E-state index contributed by atoms with van der Waals surface area (Å²) in [6.45, 7) is 2.27. The smallest absolute Gasteiger partial charge is 0.136 e. The Labute approximate surface area is 128 Å². The Hall–Kier alpha value is 0.234. The molecule has 0 heterocycles. The molecule has 0 amide bonds. The molecule has 0 rings (SSSR count). The lowest BCUT2D eigenvalue weighted by Gasteiger charge is -2.18. The third-order valence-electron chi connectivity index (χ3n) is 2.91. The van der Waals surface area contributed by atoms with Gasteiger partial charge in [0.1, 0.15) is 30.9 Å². The third kappa shape index (κ3) is 11.0. The van der Waals surface area contributed by atoms with Crippen LogP contribution < -0.4 is 0 Å². The number of rotatable bonds is 14. The van der Waals surface area contributed by atoms with E-state index in [4.69, 9.17) is 18.9 Å². The average Bonchev–Trinajstić information content (AvgIpc) is 2.47. The van der Waals surface area contributed by atoms with Crippen LogP contribution in [-0.4, -0.2) is 84.3 Å². The zero-order chi connectivity index (χ0) is 15.2. The number of nitrogens with zero attached hydrogens (tertiary/aromatic N) is 1. The number of hydrogen-bond donors (Lipinski definition) is 0. The molecule has 0 aromatic carbocycles. The van der Waals surface area contributed by atoms with Gasteiger partial charge in [-0.1, -0.05) is 12.1 Å². The van der Waals surface area contributed by atoms with Crippen molar-refractivity contribution in [2.45, 2.75) is 36.8 Å². The number of methoxy groups -OCH3 is 4. The van der Waals surface area contributed by atoms with Gasteiger partial charge < -0.3 is 23.8 Å². The monoisotopic (exact) mass is 319 g/mol. The SMILES string of the molecule is COC(OC)[Si]CCCN(C)CCC[Si]C(OC)OC. The lowest BCUT2D eigenvalue weighted by molar-refractivity contribution is -0.0442. The zero-order valence-corrected chi connectivity index (χ0v) is 15.5. The first-order valence-electron chi connectivity index (χ1n) is 6.94. The van der Waals surface area contributed by atoms with Gasteiger partial charge in [0.25, 0.3) is 0 Å². The third-order valence-corrected chi connectivity index (χ3v) is 5.81. The Balaban J connectivity index is 3.43. The molecule has 0 saturated heterocycles. The van der Waals surface area contributed by atoms with E-state index in [1.807, 2.05) is 0 Å². The van der Waals surface area contributed by atoms with Crippen molar-refractivity contribution in [3.05, 3.63) is 0 Å². The van der Waals surface area contributed by atoms with Gasteiger partial charge >= 0.3 is 0 Å². The standard InChI is InChI=1S/C13H29NO4Si2/c1-14(8-6-10-19-12(15-2)16-3)9-7-11-20-13(17-4)18-5/h12-13H,6-11H2,1-5H3. The summed E-state index contributed by atoms with van der Waals surface area (Å²) in [6, 6.07) is 2.32. The predicted molar refractivity (Wildman–Crippen MR) is 83.5 cm³/mol. The predicted octanol–water partition coefficient (Wildman–Crippen LogP) is 1.10. The van der Waals surface area contributed by atoms with Crippen molar-refractivity contribution in [2.24, 2.45) is 0 Å². The fraction of sp³-hybridized carbons (Fsp3) is 1.00. The van der Waals surface area contributed by atoms with Crippen molar-refractivity contribution in [1.82, 2.24) is 4.90 Å². The maximum Gasteiger partial charge on any atom is 0.136 e. The second-order valence-electron chi connectivity index (χ2n) is 4.53. The Kier molecular flexibility index (Phi) is 14.3. The Morgan fingerprint density at radius 2 is 1.10 bits per heavy atom. The minimum Gasteiger partial charge on any atom is -0.360 e. The largest absolute Gasteiger partial charge is 0.360 e. The van der Waals surface area contributed by atoms with Crippen molar-refractivity contribution >= 4 is 19.0 Å². The molecule has 0 saturated carbocycles. The normalized spacial score (nSPS) is 12.0. The maximum absolute atomic E-state index is 5.18. The van der Waals surface area contributed by atoms with Crippen molar-refractivity contribution in [2.75, 3.05) is 48.6 Å². The minimum absolute atomic E-state index is 0.0264.